The number of ether oxygens (including phenoxy) is 2. The van der Waals surface area contributed by atoms with Crippen LogP contribution in [0.25, 0.3) is 0 Å². The van der Waals surface area contributed by atoms with Crippen molar-refractivity contribution >= 4 is 23.2 Å². The molecule has 0 aliphatic carbocycles. The van der Waals surface area contributed by atoms with Crippen molar-refractivity contribution in [3.8, 4) is 0 Å². The van der Waals surface area contributed by atoms with Gasteiger partial charge in [-0.25, -0.2) is 0 Å². The third-order valence-electron chi connectivity index (χ3n) is 4.06. The Morgan fingerprint density at radius 1 is 1.23 bits per heavy atom. The summed E-state index contributed by atoms with van der Waals surface area (Å²) < 4.78 is 11.6. The first-order valence-corrected chi connectivity index (χ1v) is 8.28. The largest absolute Gasteiger partial charge is 0.376 e. The monoisotopic (exact) mass is 324 g/mol. The zero-order chi connectivity index (χ0) is 15.6. The van der Waals surface area contributed by atoms with Gasteiger partial charge >= 0.3 is 0 Å². The number of morpholine rings is 1. The van der Waals surface area contributed by atoms with Crippen LogP contribution in [-0.4, -0.2) is 73.2 Å². The molecule has 1 aromatic heterocycles. The van der Waals surface area contributed by atoms with Gasteiger partial charge in [-0.1, -0.05) is 6.07 Å². The molecular weight excluding hydrogens is 304 g/mol. The molecule has 1 aromatic rings. The molecule has 3 heterocycles. The highest BCUT2D eigenvalue weighted by Crippen LogP contribution is 2.24. The first-order valence-electron chi connectivity index (χ1n) is 7.40. The number of carbonyl (C=O) groups is 2. The van der Waals surface area contributed by atoms with E-state index >= 15 is 0 Å². The average Bonchev–Trinajstić information content (AvgIpc) is 2.97. The van der Waals surface area contributed by atoms with Gasteiger partial charge in [-0.15, -0.1) is 11.3 Å². The van der Waals surface area contributed by atoms with Crippen LogP contribution in [0.4, 0.5) is 0 Å². The van der Waals surface area contributed by atoms with E-state index in [2.05, 4.69) is 0 Å². The maximum Gasteiger partial charge on any atom is 0.264 e. The molecule has 0 N–H and O–H groups in total. The molecule has 3 rings (SSSR count). The Labute approximate surface area is 133 Å². The van der Waals surface area contributed by atoms with Gasteiger partial charge in [0.2, 0.25) is 5.91 Å². The Kier molecular flexibility index (Phi) is 4.46. The Morgan fingerprint density at radius 3 is 2.73 bits per heavy atom. The molecular formula is C15H20N2O4S. The molecule has 1 spiro atoms. The second-order valence-electron chi connectivity index (χ2n) is 5.73. The van der Waals surface area contributed by atoms with Crippen molar-refractivity contribution in [2.24, 2.45) is 0 Å². The highest BCUT2D eigenvalue weighted by atomic mass is 32.1. The van der Waals surface area contributed by atoms with E-state index in [4.69, 9.17) is 9.47 Å². The molecule has 22 heavy (non-hydrogen) atoms. The van der Waals surface area contributed by atoms with E-state index in [0.717, 1.165) is 4.88 Å². The number of hydrogen-bond donors (Lipinski definition) is 0. The van der Waals surface area contributed by atoms with Gasteiger partial charge in [0.05, 0.1) is 37.8 Å². The van der Waals surface area contributed by atoms with E-state index < -0.39 is 5.60 Å². The van der Waals surface area contributed by atoms with E-state index in [1.54, 1.807) is 11.8 Å². The summed E-state index contributed by atoms with van der Waals surface area (Å²) in [6.07, 6.45) is 0. The van der Waals surface area contributed by atoms with Crippen LogP contribution >= 0.6 is 11.3 Å². The Morgan fingerprint density at radius 2 is 2.00 bits per heavy atom. The van der Waals surface area contributed by atoms with Gasteiger partial charge in [-0.05, 0) is 11.4 Å². The lowest BCUT2D eigenvalue weighted by Gasteiger charge is -2.43. The van der Waals surface area contributed by atoms with E-state index in [1.165, 1.54) is 11.3 Å². The second kappa shape index (κ2) is 6.36. The van der Waals surface area contributed by atoms with Crippen molar-refractivity contribution in [2.75, 3.05) is 46.0 Å². The lowest BCUT2D eigenvalue weighted by molar-refractivity contribution is -0.145. The van der Waals surface area contributed by atoms with Gasteiger partial charge < -0.3 is 19.3 Å². The number of rotatable bonds is 1. The average molecular weight is 324 g/mol. The number of hydrogen-bond acceptors (Lipinski definition) is 5. The summed E-state index contributed by atoms with van der Waals surface area (Å²) in [4.78, 5) is 28.5. The van der Waals surface area contributed by atoms with Crippen molar-refractivity contribution in [1.29, 1.82) is 0 Å². The van der Waals surface area contributed by atoms with Gasteiger partial charge in [0.25, 0.3) is 5.91 Å². The molecule has 2 amide bonds. The van der Waals surface area contributed by atoms with E-state index in [-0.39, 0.29) is 11.8 Å². The summed E-state index contributed by atoms with van der Waals surface area (Å²) in [5.74, 6) is 0.0338. The highest BCUT2D eigenvalue weighted by molar-refractivity contribution is 7.12. The summed E-state index contributed by atoms with van der Waals surface area (Å²) >= 11 is 1.44. The molecule has 2 aliphatic rings. The molecule has 120 valence electrons. The maximum atomic E-state index is 12.5. The number of carbonyl (C=O) groups excluding carboxylic acids is 2. The molecule has 2 fully saturated rings. The Hall–Kier alpha value is -1.44. The molecule has 0 aromatic carbocycles. The van der Waals surface area contributed by atoms with Gasteiger partial charge in [0.15, 0.2) is 0 Å². The molecule has 0 bridgehead atoms. The maximum absolute atomic E-state index is 12.5. The van der Waals surface area contributed by atoms with Gasteiger partial charge in [0.1, 0.15) is 5.60 Å². The van der Waals surface area contributed by atoms with Crippen molar-refractivity contribution in [3.05, 3.63) is 22.4 Å². The number of nitrogens with zero attached hydrogens (tertiary/aromatic N) is 2. The fourth-order valence-corrected chi connectivity index (χ4v) is 3.62. The minimum Gasteiger partial charge on any atom is -0.376 e. The zero-order valence-electron chi connectivity index (χ0n) is 12.6. The summed E-state index contributed by atoms with van der Waals surface area (Å²) in [5, 5.41) is 1.90. The minimum absolute atomic E-state index is 0.00943. The van der Waals surface area contributed by atoms with Crippen molar-refractivity contribution in [1.82, 2.24) is 9.80 Å². The molecule has 0 saturated carbocycles. The number of thiophene rings is 1. The van der Waals surface area contributed by atoms with Crippen LogP contribution in [0, 0.1) is 0 Å². The predicted molar refractivity (Wildman–Crippen MR) is 82.0 cm³/mol. The summed E-state index contributed by atoms with van der Waals surface area (Å²) in [7, 11) is 0. The molecule has 1 atom stereocenters. The molecule has 6 nitrogen and oxygen atoms in total. The quantitative estimate of drug-likeness (QED) is 0.768. The molecule has 0 radical (unpaired) electrons. The highest BCUT2D eigenvalue weighted by Gasteiger charge is 2.42. The zero-order valence-corrected chi connectivity index (χ0v) is 13.4. The molecule has 0 unspecified atom stereocenters. The molecule has 2 saturated heterocycles. The number of amides is 2. The first kappa shape index (κ1) is 15.5. The van der Waals surface area contributed by atoms with Crippen LogP contribution in [0.2, 0.25) is 0 Å². The van der Waals surface area contributed by atoms with Gasteiger partial charge in [-0.3, -0.25) is 9.59 Å². The Bertz CT molecular complexity index is 548. The van der Waals surface area contributed by atoms with E-state index in [1.807, 2.05) is 22.4 Å². The smallest absolute Gasteiger partial charge is 0.264 e. The van der Waals surface area contributed by atoms with Crippen LogP contribution in [0.3, 0.4) is 0 Å². The fourth-order valence-electron chi connectivity index (χ4n) is 2.93. The van der Waals surface area contributed by atoms with E-state index in [0.29, 0.717) is 46.0 Å². The molecule has 7 heteroatoms. The van der Waals surface area contributed by atoms with Gasteiger partial charge in [0, 0.05) is 20.0 Å². The third kappa shape index (κ3) is 3.16. The van der Waals surface area contributed by atoms with Crippen LogP contribution in [0.15, 0.2) is 17.5 Å². The van der Waals surface area contributed by atoms with E-state index in [9.17, 15) is 9.59 Å². The topological polar surface area (TPSA) is 59.1 Å². The van der Waals surface area contributed by atoms with Crippen LogP contribution in [-0.2, 0) is 14.3 Å². The normalized spacial score (nSPS) is 26.0. The minimum atomic E-state index is -0.618. The summed E-state index contributed by atoms with van der Waals surface area (Å²) in [6.45, 7) is 4.99. The fraction of sp³-hybridized carbons (Fsp3) is 0.600. The summed E-state index contributed by atoms with van der Waals surface area (Å²) in [5.41, 5.74) is -0.618. The van der Waals surface area contributed by atoms with Crippen LogP contribution < -0.4 is 0 Å². The van der Waals surface area contributed by atoms with Crippen LogP contribution in [0.5, 0.6) is 0 Å². The van der Waals surface area contributed by atoms with Gasteiger partial charge in [-0.2, -0.15) is 0 Å². The van der Waals surface area contributed by atoms with Crippen molar-refractivity contribution in [2.45, 2.75) is 12.5 Å². The first-order chi connectivity index (χ1) is 10.6. The SMILES string of the molecule is CC(=O)N1CCOC[C@@]2(C1)CN(C(=O)c1cccs1)CCO2. The Balaban J connectivity index is 1.76. The summed E-state index contributed by atoms with van der Waals surface area (Å²) in [6, 6.07) is 3.71. The van der Waals surface area contributed by atoms with Crippen molar-refractivity contribution in [3.63, 3.8) is 0 Å². The van der Waals surface area contributed by atoms with Crippen LogP contribution in [0.1, 0.15) is 16.6 Å². The standard InChI is InChI=1S/C15H20N2O4S/c1-12(18)16-4-6-20-11-15(9-16)10-17(5-7-21-15)14(19)13-3-2-8-22-13/h2-3,8H,4-7,9-11H2,1H3/t15-/m1/s1. The lowest BCUT2D eigenvalue weighted by Crippen LogP contribution is -2.60. The predicted octanol–water partition coefficient (Wildman–Crippen LogP) is 0.838. The lowest BCUT2D eigenvalue weighted by atomic mass is 10.0. The third-order valence-corrected chi connectivity index (χ3v) is 4.92. The molecule has 2 aliphatic heterocycles. The van der Waals surface area contributed by atoms with Crippen molar-refractivity contribution < 1.29 is 19.1 Å². The second-order valence-corrected chi connectivity index (χ2v) is 6.68.